The maximum Gasteiger partial charge on any atom is 0.257 e. The molecule has 2 aliphatic rings. The van der Waals surface area contributed by atoms with Gasteiger partial charge in [-0.05, 0) is 37.5 Å². The van der Waals surface area contributed by atoms with Gasteiger partial charge in [0.05, 0.1) is 5.56 Å². The molecular formula is C21H26N4O. The van der Waals surface area contributed by atoms with Crippen molar-refractivity contribution in [3.8, 4) is 0 Å². The molecule has 0 unspecified atom stereocenters. The fraction of sp³-hybridized carbons (Fsp3) is 0.429. The van der Waals surface area contributed by atoms with Gasteiger partial charge in [-0.25, -0.2) is 4.98 Å². The Kier molecular flexibility index (Phi) is 4.89. The monoisotopic (exact) mass is 350 g/mol. The minimum atomic E-state index is 0.0902. The van der Waals surface area contributed by atoms with Crippen LogP contribution in [0.3, 0.4) is 0 Å². The van der Waals surface area contributed by atoms with E-state index in [4.69, 9.17) is 0 Å². The van der Waals surface area contributed by atoms with Crippen molar-refractivity contribution >= 4 is 11.7 Å². The molecule has 1 aliphatic carbocycles. The molecule has 1 saturated carbocycles. The summed E-state index contributed by atoms with van der Waals surface area (Å²) in [5.74, 6) is 0.826. The van der Waals surface area contributed by atoms with Gasteiger partial charge >= 0.3 is 0 Å². The highest BCUT2D eigenvalue weighted by Crippen LogP contribution is 2.26. The smallest absolute Gasteiger partial charge is 0.257 e. The van der Waals surface area contributed by atoms with Crippen LogP contribution in [-0.4, -0.2) is 52.4 Å². The van der Waals surface area contributed by atoms with Gasteiger partial charge in [0, 0.05) is 44.5 Å². The lowest BCUT2D eigenvalue weighted by atomic mass is 10.1. The standard InChI is InChI=1S/C21H26N4O/c1-16-14-25(13-12-24(16)15-17-6-3-2-4-7-17)21(26)19-8-5-11-22-20(19)23-18-9-10-18/h2-8,11,16,18H,9-10,12-15H2,1H3,(H,22,23)/t16-/m1/s1. The highest BCUT2D eigenvalue weighted by molar-refractivity contribution is 5.98. The third-order valence-electron chi connectivity index (χ3n) is 5.24. The van der Waals surface area contributed by atoms with Gasteiger partial charge in [-0.2, -0.15) is 0 Å². The Hall–Kier alpha value is -2.40. The van der Waals surface area contributed by atoms with E-state index in [2.05, 4.69) is 46.4 Å². The van der Waals surface area contributed by atoms with E-state index in [9.17, 15) is 4.79 Å². The van der Waals surface area contributed by atoms with Gasteiger partial charge in [0.1, 0.15) is 5.82 Å². The Morgan fingerprint density at radius 2 is 1.96 bits per heavy atom. The molecule has 1 atom stereocenters. The van der Waals surface area contributed by atoms with Crippen LogP contribution in [0.2, 0.25) is 0 Å². The topological polar surface area (TPSA) is 48.5 Å². The van der Waals surface area contributed by atoms with Crippen molar-refractivity contribution in [2.24, 2.45) is 0 Å². The number of hydrogen-bond donors (Lipinski definition) is 1. The first-order valence-corrected chi connectivity index (χ1v) is 9.49. The number of piperazine rings is 1. The largest absolute Gasteiger partial charge is 0.367 e. The number of rotatable bonds is 5. The van der Waals surface area contributed by atoms with Gasteiger partial charge in [0.25, 0.3) is 5.91 Å². The highest BCUT2D eigenvalue weighted by Gasteiger charge is 2.30. The zero-order valence-corrected chi connectivity index (χ0v) is 15.3. The van der Waals surface area contributed by atoms with Crippen LogP contribution in [0.15, 0.2) is 48.7 Å². The summed E-state index contributed by atoms with van der Waals surface area (Å²) in [6.07, 6.45) is 4.08. The number of aromatic nitrogens is 1. The SMILES string of the molecule is C[C@@H]1CN(C(=O)c2cccnc2NC2CC2)CCN1Cc1ccccc1. The summed E-state index contributed by atoms with van der Waals surface area (Å²) in [5, 5.41) is 3.39. The first-order chi connectivity index (χ1) is 12.7. The lowest BCUT2D eigenvalue weighted by Gasteiger charge is -2.40. The number of pyridine rings is 1. The first kappa shape index (κ1) is 17.0. The fourth-order valence-electron chi connectivity index (χ4n) is 3.52. The molecule has 1 saturated heterocycles. The maximum absolute atomic E-state index is 13.1. The number of carbonyl (C=O) groups is 1. The second-order valence-corrected chi connectivity index (χ2v) is 7.37. The first-order valence-electron chi connectivity index (χ1n) is 9.49. The molecule has 1 aliphatic heterocycles. The van der Waals surface area contributed by atoms with Gasteiger partial charge in [-0.15, -0.1) is 0 Å². The predicted octanol–water partition coefficient (Wildman–Crippen LogP) is 3.00. The molecule has 5 nitrogen and oxygen atoms in total. The molecule has 1 aromatic carbocycles. The normalized spacial score (nSPS) is 20.8. The lowest BCUT2D eigenvalue weighted by Crippen LogP contribution is -2.53. The number of carbonyl (C=O) groups excluding carboxylic acids is 1. The molecular weight excluding hydrogens is 324 g/mol. The van der Waals surface area contributed by atoms with E-state index >= 15 is 0 Å². The quantitative estimate of drug-likeness (QED) is 0.901. The maximum atomic E-state index is 13.1. The zero-order chi connectivity index (χ0) is 17.9. The number of benzene rings is 1. The van der Waals surface area contributed by atoms with Crippen molar-refractivity contribution in [2.75, 3.05) is 25.0 Å². The fourth-order valence-corrected chi connectivity index (χ4v) is 3.52. The molecule has 136 valence electrons. The van der Waals surface area contributed by atoms with E-state index in [-0.39, 0.29) is 5.91 Å². The van der Waals surface area contributed by atoms with Gasteiger partial charge in [0.2, 0.25) is 0 Å². The van der Waals surface area contributed by atoms with E-state index in [1.807, 2.05) is 23.1 Å². The minimum Gasteiger partial charge on any atom is -0.367 e. The lowest BCUT2D eigenvalue weighted by molar-refractivity contribution is 0.0496. The molecule has 0 radical (unpaired) electrons. The van der Waals surface area contributed by atoms with Gasteiger partial charge in [-0.3, -0.25) is 9.69 Å². The van der Waals surface area contributed by atoms with Gasteiger partial charge in [-0.1, -0.05) is 30.3 Å². The number of nitrogens with zero attached hydrogens (tertiary/aromatic N) is 3. The number of nitrogens with one attached hydrogen (secondary N) is 1. The predicted molar refractivity (Wildman–Crippen MR) is 103 cm³/mol. The Morgan fingerprint density at radius 3 is 2.69 bits per heavy atom. The molecule has 2 fully saturated rings. The molecule has 26 heavy (non-hydrogen) atoms. The summed E-state index contributed by atoms with van der Waals surface area (Å²) in [7, 11) is 0. The van der Waals surface area contributed by atoms with Crippen molar-refractivity contribution in [1.82, 2.24) is 14.8 Å². The summed E-state index contributed by atoms with van der Waals surface area (Å²) in [5.41, 5.74) is 2.02. The number of anilines is 1. The van der Waals surface area contributed by atoms with Crippen LogP contribution >= 0.6 is 0 Å². The minimum absolute atomic E-state index is 0.0902. The number of amides is 1. The second-order valence-electron chi connectivity index (χ2n) is 7.37. The van der Waals surface area contributed by atoms with Crippen molar-refractivity contribution < 1.29 is 4.79 Å². The van der Waals surface area contributed by atoms with Crippen LogP contribution < -0.4 is 5.32 Å². The zero-order valence-electron chi connectivity index (χ0n) is 15.3. The number of hydrogen-bond acceptors (Lipinski definition) is 4. The van der Waals surface area contributed by atoms with Crippen LogP contribution in [0.1, 0.15) is 35.7 Å². The molecule has 1 N–H and O–H groups in total. The average Bonchev–Trinajstić information content (AvgIpc) is 3.48. The van der Waals surface area contributed by atoms with Gasteiger partial charge in [0.15, 0.2) is 0 Å². The molecule has 0 bridgehead atoms. The van der Waals surface area contributed by atoms with E-state index < -0.39 is 0 Å². The van der Waals surface area contributed by atoms with Crippen molar-refractivity contribution in [3.63, 3.8) is 0 Å². The average molecular weight is 350 g/mol. The van der Waals surface area contributed by atoms with E-state index in [1.165, 1.54) is 18.4 Å². The third-order valence-corrected chi connectivity index (χ3v) is 5.24. The van der Waals surface area contributed by atoms with Crippen LogP contribution in [0, 0.1) is 0 Å². The molecule has 5 heteroatoms. The summed E-state index contributed by atoms with van der Waals surface area (Å²) in [4.78, 5) is 21.9. The van der Waals surface area contributed by atoms with E-state index in [0.29, 0.717) is 17.6 Å². The van der Waals surface area contributed by atoms with Crippen LogP contribution in [0.5, 0.6) is 0 Å². The van der Waals surface area contributed by atoms with Crippen molar-refractivity contribution in [3.05, 3.63) is 59.8 Å². The van der Waals surface area contributed by atoms with Crippen LogP contribution in [-0.2, 0) is 6.54 Å². The second kappa shape index (κ2) is 7.46. The van der Waals surface area contributed by atoms with Crippen molar-refractivity contribution in [1.29, 1.82) is 0 Å². The Balaban J connectivity index is 1.41. The molecule has 2 heterocycles. The summed E-state index contributed by atoms with van der Waals surface area (Å²) >= 11 is 0. The summed E-state index contributed by atoms with van der Waals surface area (Å²) < 4.78 is 0. The Morgan fingerprint density at radius 1 is 1.15 bits per heavy atom. The molecule has 4 rings (SSSR count). The van der Waals surface area contributed by atoms with Crippen LogP contribution in [0.4, 0.5) is 5.82 Å². The Labute approximate surface area is 155 Å². The van der Waals surface area contributed by atoms with Crippen molar-refractivity contribution in [2.45, 2.75) is 38.4 Å². The molecule has 2 aromatic rings. The van der Waals surface area contributed by atoms with Gasteiger partial charge < -0.3 is 10.2 Å². The molecule has 1 aromatic heterocycles. The van der Waals surface area contributed by atoms with E-state index in [1.54, 1.807) is 6.20 Å². The highest BCUT2D eigenvalue weighted by atomic mass is 16.2. The molecule has 1 amide bonds. The summed E-state index contributed by atoms with van der Waals surface area (Å²) in [6.45, 7) is 5.55. The van der Waals surface area contributed by atoms with E-state index in [0.717, 1.165) is 32.0 Å². The molecule has 0 spiro atoms. The third kappa shape index (κ3) is 3.88. The van der Waals surface area contributed by atoms with Crippen LogP contribution in [0.25, 0.3) is 0 Å². The Bertz CT molecular complexity index is 760. The summed E-state index contributed by atoms with van der Waals surface area (Å²) in [6, 6.07) is 15.1.